The van der Waals surface area contributed by atoms with Crippen LogP contribution in [0.15, 0.2) is 77.4 Å². The summed E-state index contributed by atoms with van der Waals surface area (Å²) < 4.78 is 5.16. The number of hydrogen-bond donors (Lipinski definition) is 3. The van der Waals surface area contributed by atoms with Gasteiger partial charge >= 0.3 is 6.03 Å². The van der Waals surface area contributed by atoms with Gasteiger partial charge in [0.15, 0.2) is 0 Å². The van der Waals surface area contributed by atoms with Crippen LogP contribution in [0, 0.1) is 0 Å². The number of benzene rings is 2. The monoisotopic (exact) mass is 403 g/mol. The van der Waals surface area contributed by atoms with Crippen LogP contribution in [0.1, 0.15) is 36.7 Å². The molecule has 0 saturated heterocycles. The summed E-state index contributed by atoms with van der Waals surface area (Å²) in [5.41, 5.74) is 3.49. The van der Waals surface area contributed by atoms with Gasteiger partial charge in [0.1, 0.15) is 5.76 Å². The molecule has 3 aromatic rings. The standard InChI is InChI=1S/C24H25N3O3/c1-17(2)19-8-5-18(6-9-19)7-14-23(28)26-20-10-12-21(13-11-20)27-24(29)25-16-22-4-3-15-30-22/h3-15,17H,16H2,1-2H3,(H,26,28)(H2,25,27,29)/b14-7+. The molecule has 0 fully saturated rings. The van der Waals surface area contributed by atoms with Gasteiger partial charge in [0, 0.05) is 17.5 Å². The van der Waals surface area contributed by atoms with Crippen LogP contribution in [0.3, 0.4) is 0 Å². The summed E-state index contributed by atoms with van der Waals surface area (Å²) >= 11 is 0. The summed E-state index contributed by atoms with van der Waals surface area (Å²) in [4.78, 5) is 24.0. The minimum absolute atomic E-state index is 0.222. The van der Waals surface area contributed by atoms with Crippen molar-refractivity contribution < 1.29 is 14.0 Å². The van der Waals surface area contributed by atoms with Crippen molar-refractivity contribution in [1.29, 1.82) is 0 Å². The van der Waals surface area contributed by atoms with E-state index in [0.29, 0.717) is 29.6 Å². The highest BCUT2D eigenvalue weighted by Crippen LogP contribution is 2.16. The van der Waals surface area contributed by atoms with Crippen LogP contribution in [-0.2, 0) is 11.3 Å². The van der Waals surface area contributed by atoms with Crippen molar-refractivity contribution in [3.63, 3.8) is 0 Å². The Morgan fingerprint density at radius 1 is 0.933 bits per heavy atom. The first-order chi connectivity index (χ1) is 14.5. The largest absolute Gasteiger partial charge is 0.467 e. The maximum atomic E-state index is 12.1. The van der Waals surface area contributed by atoms with Gasteiger partial charge in [0.25, 0.3) is 0 Å². The average Bonchev–Trinajstić information content (AvgIpc) is 3.26. The van der Waals surface area contributed by atoms with Crippen molar-refractivity contribution in [2.24, 2.45) is 0 Å². The topological polar surface area (TPSA) is 83.4 Å². The highest BCUT2D eigenvalue weighted by molar-refractivity contribution is 6.02. The van der Waals surface area contributed by atoms with Crippen molar-refractivity contribution in [2.45, 2.75) is 26.3 Å². The lowest BCUT2D eigenvalue weighted by Gasteiger charge is -2.08. The molecular formula is C24H25N3O3. The van der Waals surface area contributed by atoms with Crippen LogP contribution in [0.25, 0.3) is 6.08 Å². The predicted molar refractivity (Wildman–Crippen MR) is 119 cm³/mol. The number of nitrogens with one attached hydrogen (secondary N) is 3. The second-order valence-electron chi connectivity index (χ2n) is 7.11. The zero-order valence-corrected chi connectivity index (χ0v) is 17.0. The molecule has 3 N–H and O–H groups in total. The van der Waals surface area contributed by atoms with E-state index in [0.717, 1.165) is 5.56 Å². The van der Waals surface area contributed by atoms with E-state index in [2.05, 4.69) is 41.9 Å². The molecule has 1 aromatic heterocycles. The molecule has 3 rings (SSSR count). The van der Waals surface area contributed by atoms with Gasteiger partial charge in [0.2, 0.25) is 5.91 Å². The molecule has 1 heterocycles. The third-order valence-electron chi connectivity index (χ3n) is 4.44. The summed E-state index contributed by atoms with van der Waals surface area (Å²) in [5, 5.41) is 8.22. The fourth-order valence-corrected chi connectivity index (χ4v) is 2.74. The molecule has 0 aliphatic carbocycles. The van der Waals surface area contributed by atoms with Gasteiger partial charge in [-0.2, -0.15) is 0 Å². The van der Waals surface area contributed by atoms with Crippen molar-refractivity contribution in [3.05, 3.63) is 89.9 Å². The van der Waals surface area contributed by atoms with Crippen LogP contribution in [-0.4, -0.2) is 11.9 Å². The number of hydrogen-bond acceptors (Lipinski definition) is 3. The third-order valence-corrected chi connectivity index (χ3v) is 4.44. The molecule has 2 aromatic carbocycles. The highest BCUT2D eigenvalue weighted by atomic mass is 16.3. The Balaban J connectivity index is 1.47. The lowest BCUT2D eigenvalue weighted by Crippen LogP contribution is -2.27. The van der Waals surface area contributed by atoms with Crippen molar-refractivity contribution in [3.8, 4) is 0 Å². The summed E-state index contributed by atoms with van der Waals surface area (Å²) in [6.07, 6.45) is 4.83. The molecule has 6 nitrogen and oxygen atoms in total. The average molecular weight is 403 g/mol. The Bertz CT molecular complexity index is 989. The summed E-state index contributed by atoms with van der Waals surface area (Å²) in [6, 6.07) is 18.2. The number of furan rings is 1. The first-order valence-corrected chi connectivity index (χ1v) is 9.76. The molecule has 6 heteroatoms. The lowest BCUT2D eigenvalue weighted by molar-refractivity contribution is -0.111. The number of anilines is 2. The van der Waals surface area contributed by atoms with E-state index in [9.17, 15) is 9.59 Å². The second-order valence-corrected chi connectivity index (χ2v) is 7.11. The fraction of sp³-hybridized carbons (Fsp3) is 0.167. The van der Waals surface area contributed by atoms with Gasteiger partial charge < -0.3 is 20.4 Å². The maximum Gasteiger partial charge on any atom is 0.319 e. The van der Waals surface area contributed by atoms with Crippen LogP contribution < -0.4 is 16.0 Å². The zero-order valence-electron chi connectivity index (χ0n) is 17.0. The van der Waals surface area contributed by atoms with Crippen LogP contribution in [0.5, 0.6) is 0 Å². The summed E-state index contributed by atoms with van der Waals surface area (Å²) in [7, 11) is 0. The number of carbonyl (C=O) groups is 2. The molecule has 0 aliphatic heterocycles. The molecular weight excluding hydrogens is 378 g/mol. The lowest BCUT2D eigenvalue weighted by atomic mass is 10.0. The van der Waals surface area contributed by atoms with Gasteiger partial charge in [-0.25, -0.2) is 4.79 Å². The van der Waals surface area contributed by atoms with Crippen molar-refractivity contribution >= 4 is 29.4 Å². The SMILES string of the molecule is CC(C)c1ccc(/C=C/C(=O)Nc2ccc(NC(=O)NCc3ccco3)cc2)cc1. The molecule has 3 amide bonds. The van der Waals surface area contributed by atoms with Crippen LogP contribution in [0.4, 0.5) is 16.2 Å². The van der Waals surface area contributed by atoms with Crippen molar-refractivity contribution in [1.82, 2.24) is 5.32 Å². The van der Waals surface area contributed by atoms with E-state index in [1.165, 1.54) is 11.6 Å². The fourth-order valence-electron chi connectivity index (χ4n) is 2.74. The van der Waals surface area contributed by atoms with E-state index in [1.54, 1.807) is 48.7 Å². The highest BCUT2D eigenvalue weighted by Gasteiger charge is 2.04. The van der Waals surface area contributed by atoms with Gasteiger partial charge in [-0.15, -0.1) is 0 Å². The Morgan fingerprint density at radius 2 is 1.60 bits per heavy atom. The number of carbonyl (C=O) groups excluding carboxylic acids is 2. The summed E-state index contributed by atoms with van der Waals surface area (Å²) in [5.74, 6) is 0.929. The zero-order chi connectivity index (χ0) is 21.3. The van der Waals surface area contributed by atoms with Gasteiger partial charge in [0.05, 0.1) is 12.8 Å². The Kier molecular flexibility index (Phi) is 7.05. The minimum Gasteiger partial charge on any atom is -0.467 e. The molecule has 0 atom stereocenters. The first-order valence-electron chi connectivity index (χ1n) is 9.76. The Morgan fingerprint density at radius 3 is 2.20 bits per heavy atom. The molecule has 30 heavy (non-hydrogen) atoms. The Hall–Kier alpha value is -3.80. The van der Waals surface area contributed by atoms with Crippen LogP contribution in [0.2, 0.25) is 0 Å². The number of rotatable bonds is 7. The molecule has 0 spiro atoms. The van der Waals surface area contributed by atoms with Crippen molar-refractivity contribution in [2.75, 3.05) is 10.6 Å². The third kappa shape index (κ3) is 6.38. The molecule has 0 saturated carbocycles. The van der Waals surface area contributed by atoms with Gasteiger partial charge in [-0.1, -0.05) is 38.1 Å². The van der Waals surface area contributed by atoms with E-state index >= 15 is 0 Å². The van der Waals surface area contributed by atoms with E-state index < -0.39 is 0 Å². The Labute approximate surface area is 176 Å². The number of amides is 3. The molecule has 154 valence electrons. The molecule has 0 bridgehead atoms. The van der Waals surface area contributed by atoms with E-state index in [4.69, 9.17) is 4.42 Å². The molecule has 0 radical (unpaired) electrons. The molecule has 0 unspecified atom stereocenters. The second kappa shape index (κ2) is 10.1. The number of urea groups is 1. The van der Waals surface area contributed by atoms with Gasteiger partial charge in [-0.3, -0.25) is 4.79 Å². The van der Waals surface area contributed by atoms with E-state index in [-0.39, 0.29) is 11.9 Å². The summed E-state index contributed by atoms with van der Waals surface area (Å²) in [6.45, 7) is 4.60. The normalized spacial score (nSPS) is 10.9. The quantitative estimate of drug-likeness (QED) is 0.463. The first kappa shape index (κ1) is 20.9. The maximum absolute atomic E-state index is 12.1. The minimum atomic E-state index is -0.338. The van der Waals surface area contributed by atoms with E-state index in [1.807, 2.05) is 12.1 Å². The smallest absolute Gasteiger partial charge is 0.319 e. The predicted octanol–water partition coefficient (Wildman–Crippen LogP) is 5.38. The van der Waals surface area contributed by atoms with Crippen LogP contribution >= 0.6 is 0 Å². The van der Waals surface area contributed by atoms with Gasteiger partial charge in [-0.05, 0) is 59.5 Å². The molecule has 0 aliphatic rings.